The van der Waals surface area contributed by atoms with Gasteiger partial charge in [0.2, 0.25) is 0 Å². The van der Waals surface area contributed by atoms with Gasteiger partial charge >= 0.3 is 0 Å². The minimum Gasteiger partial charge on any atom is -0.376 e. The van der Waals surface area contributed by atoms with Gasteiger partial charge in [-0.05, 0) is 23.1 Å². The van der Waals surface area contributed by atoms with Crippen LogP contribution in [0.4, 0.5) is 5.69 Å². The van der Waals surface area contributed by atoms with E-state index in [0.29, 0.717) is 13.2 Å². The van der Waals surface area contributed by atoms with Gasteiger partial charge in [0, 0.05) is 12.1 Å². The number of nitro benzene ring substituents is 1. The molecule has 0 unspecified atom stereocenters. The molecular weight excluding hydrogens is 206 g/mol. The first kappa shape index (κ1) is 12.6. The van der Waals surface area contributed by atoms with Gasteiger partial charge in [-0.15, -0.1) is 0 Å². The van der Waals surface area contributed by atoms with Crippen molar-refractivity contribution in [3.8, 4) is 0 Å². The second-order valence-electron chi connectivity index (χ2n) is 4.98. The molecule has 1 aromatic carbocycles. The monoisotopic (exact) mass is 223 g/mol. The molecule has 1 aromatic rings. The van der Waals surface area contributed by atoms with Crippen LogP contribution < -0.4 is 0 Å². The lowest BCUT2D eigenvalue weighted by Crippen LogP contribution is -2.14. The van der Waals surface area contributed by atoms with Gasteiger partial charge < -0.3 is 4.74 Å². The van der Waals surface area contributed by atoms with Crippen LogP contribution >= 0.6 is 0 Å². The molecule has 0 atom stereocenters. The maximum atomic E-state index is 10.4. The number of hydrogen-bond donors (Lipinski definition) is 0. The van der Waals surface area contributed by atoms with E-state index in [0.717, 1.165) is 5.56 Å². The van der Waals surface area contributed by atoms with E-state index in [1.807, 2.05) is 0 Å². The highest BCUT2D eigenvalue weighted by Crippen LogP contribution is 2.16. The standard InChI is InChI=1S/C12H17NO3/c1-12(2,3)9-16-8-10-4-6-11(7-5-10)13(14)15/h4-7H,8-9H2,1-3H3. The molecule has 0 amide bonds. The van der Waals surface area contributed by atoms with Crippen molar-refractivity contribution in [2.75, 3.05) is 6.61 Å². The summed E-state index contributed by atoms with van der Waals surface area (Å²) >= 11 is 0. The molecule has 1 rings (SSSR count). The van der Waals surface area contributed by atoms with Gasteiger partial charge in [-0.1, -0.05) is 20.8 Å². The van der Waals surface area contributed by atoms with Crippen LogP contribution in [-0.4, -0.2) is 11.5 Å². The summed E-state index contributed by atoms with van der Waals surface area (Å²) in [5.41, 5.74) is 1.20. The molecular formula is C12H17NO3. The minimum absolute atomic E-state index is 0.111. The predicted molar refractivity (Wildman–Crippen MR) is 62.2 cm³/mol. The van der Waals surface area contributed by atoms with E-state index in [1.165, 1.54) is 12.1 Å². The van der Waals surface area contributed by atoms with Crippen LogP contribution in [0.2, 0.25) is 0 Å². The number of ether oxygens (including phenoxy) is 1. The smallest absolute Gasteiger partial charge is 0.269 e. The Morgan fingerprint density at radius 3 is 2.25 bits per heavy atom. The molecule has 0 radical (unpaired) electrons. The summed E-state index contributed by atoms with van der Waals surface area (Å²) in [6.07, 6.45) is 0. The number of nitro groups is 1. The summed E-state index contributed by atoms with van der Waals surface area (Å²) in [5.74, 6) is 0. The van der Waals surface area contributed by atoms with Gasteiger partial charge in [-0.3, -0.25) is 10.1 Å². The fraction of sp³-hybridized carbons (Fsp3) is 0.500. The molecule has 4 nitrogen and oxygen atoms in total. The Morgan fingerprint density at radius 2 is 1.81 bits per heavy atom. The van der Waals surface area contributed by atoms with Crippen molar-refractivity contribution < 1.29 is 9.66 Å². The molecule has 0 heterocycles. The normalized spacial score (nSPS) is 11.4. The lowest BCUT2D eigenvalue weighted by molar-refractivity contribution is -0.384. The van der Waals surface area contributed by atoms with Gasteiger partial charge in [0.05, 0.1) is 18.1 Å². The molecule has 4 heteroatoms. The van der Waals surface area contributed by atoms with E-state index in [4.69, 9.17) is 4.74 Å². The summed E-state index contributed by atoms with van der Waals surface area (Å²) in [7, 11) is 0. The number of benzene rings is 1. The van der Waals surface area contributed by atoms with E-state index < -0.39 is 4.92 Å². The molecule has 0 fully saturated rings. The third-order valence-electron chi connectivity index (χ3n) is 1.95. The van der Waals surface area contributed by atoms with Crippen LogP contribution in [0.5, 0.6) is 0 Å². The molecule has 0 spiro atoms. The first-order valence-corrected chi connectivity index (χ1v) is 5.19. The Balaban J connectivity index is 2.47. The minimum atomic E-state index is -0.403. The second kappa shape index (κ2) is 5.07. The summed E-state index contributed by atoms with van der Waals surface area (Å²) in [5, 5.41) is 10.4. The Labute approximate surface area is 95.4 Å². The highest BCUT2D eigenvalue weighted by molar-refractivity contribution is 5.32. The molecule has 16 heavy (non-hydrogen) atoms. The quantitative estimate of drug-likeness (QED) is 0.582. The Hall–Kier alpha value is -1.42. The Morgan fingerprint density at radius 1 is 1.25 bits per heavy atom. The number of rotatable bonds is 4. The molecule has 88 valence electrons. The van der Waals surface area contributed by atoms with Crippen LogP contribution in [0, 0.1) is 15.5 Å². The van der Waals surface area contributed by atoms with Crippen molar-refractivity contribution in [1.29, 1.82) is 0 Å². The van der Waals surface area contributed by atoms with Crippen molar-refractivity contribution in [2.24, 2.45) is 5.41 Å². The molecule has 0 bridgehead atoms. The average molecular weight is 223 g/mol. The zero-order chi connectivity index (χ0) is 12.2. The molecule has 0 aliphatic heterocycles. The Kier molecular flexibility index (Phi) is 4.01. The number of hydrogen-bond acceptors (Lipinski definition) is 3. The summed E-state index contributed by atoms with van der Waals surface area (Å²) in [6.45, 7) is 7.47. The maximum Gasteiger partial charge on any atom is 0.269 e. The SMILES string of the molecule is CC(C)(C)COCc1ccc([N+](=O)[O-])cc1. The topological polar surface area (TPSA) is 52.4 Å². The molecule has 0 aromatic heterocycles. The summed E-state index contributed by atoms with van der Waals surface area (Å²) in [4.78, 5) is 10.0. The van der Waals surface area contributed by atoms with Crippen LogP contribution in [0.15, 0.2) is 24.3 Å². The zero-order valence-electron chi connectivity index (χ0n) is 9.90. The van der Waals surface area contributed by atoms with Crippen molar-refractivity contribution in [3.05, 3.63) is 39.9 Å². The van der Waals surface area contributed by atoms with Crippen LogP contribution in [-0.2, 0) is 11.3 Å². The van der Waals surface area contributed by atoms with E-state index in [1.54, 1.807) is 12.1 Å². The first-order chi connectivity index (χ1) is 7.38. The highest BCUT2D eigenvalue weighted by Gasteiger charge is 2.10. The van der Waals surface area contributed by atoms with E-state index in [-0.39, 0.29) is 11.1 Å². The first-order valence-electron chi connectivity index (χ1n) is 5.19. The largest absolute Gasteiger partial charge is 0.376 e. The van der Waals surface area contributed by atoms with Crippen LogP contribution in [0.1, 0.15) is 26.3 Å². The number of non-ortho nitro benzene ring substituents is 1. The fourth-order valence-corrected chi connectivity index (χ4v) is 1.19. The van der Waals surface area contributed by atoms with E-state index >= 15 is 0 Å². The van der Waals surface area contributed by atoms with Gasteiger partial charge in [0.1, 0.15) is 0 Å². The van der Waals surface area contributed by atoms with E-state index in [2.05, 4.69) is 20.8 Å². The molecule has 0 aliphatic carbocycles. The predicted octanol–water partition coefficient (Wildman–Crippen LogP) is 3.16. The second-order valence-corrected chi connectivity index (χ2v) is 4.98. The fourth-order valence-electron chi connectivity index (χ4n) is 1.19. The maximum absolute atomic E-state index is 10.4. The summed E-state index contributed by atoms with van der Waals surface area (Å²) in [6, 6.07) is 6.44. The van der Waals surface area contributed by atoms with Crippen LogP contribution in [0.3, 0.4) is 0 Å². The molecule has 0 saturated heterocycles. The van der Waals surface area contributed by atoms with Gasteiger partial charge in [0.25, 0.3) is 5.69 Å². The molecule has 0 saturated carbocycles. The van der Waals surface area contributed by atoms with Gasteiger partial charge in [-0.2, -0.15) is 0 Å². The number of nitrogens with zero attached hydrogens (tertiary/aromatic N) is 1. The third kappa shape index (κ3) is 4.40. The van der Waals surface area contributed by atoms with Gasteiger partial charge in [-0.25, -0.2) is 0 Å². The lowest BCUT2D eigenvalue weighted by atomic mass is 9.99. The van der Waals surface area contributed by atoms with E-state index in [9.17, 15) is 10.1 Å². The Bertz CT molecular complexity index is 352. The van der Waals surface area contributed by atoms with Crippen molar-refractivity contribution in [1.82, 2.24) is 0 Å². The highest BCUT2D eigenvalue weighted by atomic mass is 16.6. The zero-order valence-corrected chi connectivity index (χ0v) is 9.90. The molecule has 0 aliphatic rings. The lowest BCUT2D eigenvalue weighted by Gasteiger charge is -2.17. The molecule has 0 N–H and O–H groups in total. The third-order valence-corrected chi connectivity index (χ3v) is 1.95. The van der Waals surface area contributed by atoms with Crippen molar-refractivity contribution in [2.45, 2.75) is 27.4 Å². The van der Waals surface area contributed by atoms with Gasteiger partial charge in [0.15, 0.2) is 0 Å². The van der Waals surface area contributed by atoms with Crippen molar-refractivity contribution in [3.63, 3.8) is 0 Å². The van der Waals surface area contributed by atoms with Crippen LogP contribution in [0.25, 0.3) is 0 Å². The average Bonchev–Trinajstić information content (AvgIpc) is 2.16. The summed E-state index contributed by atoms with van der Waals surface area (Å²) < 4.78 is 5.51. The van der Waals surface area contributed by atoms with Crippen molar-refractivity contribution >= 4 is 5.69 Å².